The van der Waals surface area contributed by atoms with Crippen LogP contribution in [0, 0.1) is 12.7 Å². The number of carbonyl (C=O) groups excluding carboxylic acids is 1. The van der Waals surface area contributed by atoms with Crippen LogP contribution in [0.25, 0.3) is 0 Å². The Morgan fingerprint density at radius 3 is 2.47 bits per heavy atom. The largest absolute Gasteiger partial charge is 0.455 e. The number of nitrogens with zero attached hydrogens (tertiary/aromatic N) is 1. The van der Waals surface area contributed by atoms with Crippen molar-refractivity contribution < 1.29 is 22.0 Å². The Balaban J connectivity index is 1.59. The van der Waals surface area contributed by atoms with E-state index in [1.165, 1.54) is 0 Å². The molecule has 2 N–H and O–H groups in total. The first-order chi connectivity index (χ1) is 15.2. The molecule has 0 spiro atoms. The van der Waals surface area contributed by atoms with Gasteiger partial charge < -0.3 is 9.73 Å². The molecular weight excluding hydrogens is 457 g/mol. The molecule has 2 aromatic carbocycles. The van der Waals surface area contributed by atoms with Gasteiger partial charge >= 0.3 is 0 Å². The topological polar surface area (TPSA) is 101 Å². The molecule has 1 amide bonds. The summed E-state index contributed by atoms with van der Waals surface area (Å²) in [6, 6.07) is 11.1. The molecule has 1 aliphatic carbocycles. The Hall–Kier alpha value is -3.17. The maximum Gasteiger partial charge on any atom is 0.291 e. The summed E-state index contributed by atoms with van der Waals surface area (Å²) in [5.41, 5.74) is 2.24. The Morgan fingerprint density at radius 2 is 1.78 bits per heavy atom. The summed E-state index contributed by atoms with van der Waals surface area (Å²) in [6.07, 6.45) is 1.81. The monoisotopic (exact) mass is 475 g/mol. The number of aryl methyl sites for hydroxylation is 1. The highest BCUT2D eigenvalue weighted by Crippen LogP contribution is 2.30. The standard InChI is InChI=1S/C22H19ClFN3O4S/c1-13-20-18(26-27-32(29,30)17-11-7-15(24)8-12-17)3-2-4-19(20)31-21(13)22(28)25-16-9-5-14(23)6-10-16/h5-12,27H,2-4H2,1H3,(H,25,28)/b26-18+. The molecule has 1 aliphatic rings. The fourth-order valence-corrected chi connectivity index (χ4v) is 4.46. The smallest absolute Gasteiger partial charge is 0.291 e. The van der Waals surface area contributed by atoms with E-state index in [9.17, 15) is 17.6 Å². The summed E-state index contributed by atoms with van der Waals surface area (Å²) in [5.74, 6) is -0.244. The predicted molar refractivity (Wildman–Crippen MR) is 119 cm³/mol. The number of carbonyl (C=O) groups is 1. The summed E-state index contributed by atoms with van der Waals surface area (Å²) in [6.45, 7) is 1.73. The lowest BCUT2D eigenvalue weighted by Gasteiger charge is -2.14. The number of benzene rings is 2. The van der Waals surface area contributed by atoms with Crippen molar-refractivity contribution in [3.8, 4) is 0 Å². The van der Waals surface area contributed by atoms with Crippen LogP contribution >= 0.6 is 11.6 Å². The highest BCUT2D eigenvalue weighted by molar-refractivity contribution is 7.89. The fraction of sp³-hybridized carbons (Fsp3) is 0.182. The van der Waals surface area contributed by atoms with Crippen LogP contribution in [0.2, 0.25) is 5.02 Å². The molecule has 3 aromatic rings. The third-order valence-corrected chi connectivity index (χ3v) is 6.54. The minimum atomic E-state index is -3.97. The van der Waals surface area contributed by atoms with Crippen LogP contribution in [0.15, 0.2) is 62.9 Å². The Bertz CT molecular complexity index is 1300. The van der Waals surface area contributed by atoms with Gasteiger partial charge in [-0.1, -0.05) is 11.6 Å². The van der Waals surface area contributed by atoms with Crippen molar-refractivity contribution in [1.29, 1.82) is 0 Å². The summed E-state index contributed by atoms with van der Waals surface area (Å²) in [7, 11) is -3.97. The third kappa shape index (κ3) is 4.53. The van der Waals surface area contributed by atoms with Gasteiger partial charge in [-0.25, -0.2) is 4.39 Å². The molecule has 10 heteroatoms. The summed E-state index contributed by atoms with van der Waals surface area (Å²) < 4.78 is 43.9. The van der Waals surface area contributed by atoms with E-state index in [-0.39, 0.29) is 10.7 Å². The van der Waals surface area contributed by atoms with Crippen LogP contribution in [-0.4, -0.2) is 20.0 Å². The Morgan fingerprint density at radius 1 is 1.09 bits per heavy atom. The summed E-state index contributed by atoms with van der Waals surface area (Å²) >= 11 is 5.87. The number of nitrogens with one attached hydrogen (secondary N) is 2. The molecule has 166 valence electrons. The van der Waals surface area contributed by atoms with Crippen LogP contribution in [0.4, 0.5) is 10.1 Å². The lowest BCUT2D eigenvalue weighted by atomic mass is 9.93. The molecule has 0 aliphatic heterocycles. The predicted octanol–water partition coefficient (Wildman–Crippen LogP) is 4.65. The van der Waals surface area contributed by atoms with E-state index in [0.717, 1.165) is 24.3 Å². The van der Waals surface area contributed by atoms with E-state index in [1.54, 1.807) is 31.2 Å². The van der Waals surface area contributed by atoms with Crippen molar-refractivity contribution in [2.45, 2.75) is 31.1 Å². The van der Waals surface area contributed by atoms with E-state index in [2.05, 4.69) is 15.2 Å². The molecule has 4 rings (SSSR count). The van der Waals surface area contributed by atoms with Gasteiger partial charge in [-0.05, 0) is 68.3 Å². The molecule has 1 aromatic heterocycles. The number of halogens is 2. The lowest BCUT2D eigenvalue weighted by molar-refractivity contribution is 0.0994. The molecule has 0 bridgehead atoms. The van der Waals surface area contributed by atoms with Crippen molar-refractivity contribution >= 4 is 38.9 Å². The van der Waals surface area contributed by atoms with Crippen molar-refractivity contribution in [1.82, 2.24) is 4.83 Å². The average Bonchev–Trinajstić information content (AvgIpc) is 3.11. The first-order valence-corrected chi connectivity index (χ1v) is 11.6. The van der Waals surface area contributed by atoms with Crippen molar-refractivity contribution in [3.63, 3.8) is 0 Å². The first-order valence-electron chi connectivity index (χ1n) is 9.78. The number of rotatable bonds is 5. The van der Waals surface area contributed by atoms with Gasteiger partial charge in [0.1, 0.15) is 11.6 Å². The molecule has 0 saturated carbocycles. The van der Waals surface area contributed by atoms with Crippen molar-refractivity contribution in [2.24, 2.45) is 5.10 Å². The Labute approximate surface area is 189 Å². The van der Waals surface area contributed by atoms with Gasteiger partial charge in [0.05, 0.1) is 10.6 Å². The average molecular weight is 476 g/mol. The second-order valence-electron chi connectivity index (χ2n) is 7.28. The van der Waals surface area contributed by atoms with Crippen LogP contribution in [-0.2, 0) is 16.4 Å². The van der Waals surface area contributed by atoms with E-state index in [1.807, 2.05) is 0 Å². The normalized spacial score (nSPS) is 14.8. The fourth-order valence-electron chi connectivity index (χ4n) is 3.50. The van der Waals surface area contributed by atoms with Crippen LogP contribution < -0.4 is 10.1 Å². The van der Waals surface area contributed by atoms with E-state index < -0.39 is 21.7 Å². The molecule has 0 saturated heterocycles. The quantitative estimate of drug-likeness (QED) is 0.524. The molecule has 0 radical (unpaired) electrons. The van der Waals surface area contributed by atoms with E-state index >= 15 is 0 Å². The van der Waals surface area contributed by atoms with Gasteiger partial charge in [0.2, 0.25) is 0 Å². The highest BCUT2D eigenvalue weighted by Gasteiger charge is 2.28. The number of furan rings is 1. The molecule has 0 fully saturated rings. The van der Waals surface area contributed by atoms with Crippen LogP contribution in [0.1, 0.15) is 40.3 Å². The van der Waals surface area contributed by atoms with Gasteiger partial charge in [0, 0.05) is 28.3 Å². The second kappa shape index (κ2) is 8.76. The zero-order valence-corrected chi connectivity index (χ0v) is 18.6. The van der Waals surface area contributed by atoms with Gasteiger partial charge in [-0.3, -0.25) is 4.79 Å². The minimum Gasteiger partial charge on any atom is -0.455 e. The van der Waals surface area contributed by atoms with Gasteiger partial charge in [0.15, 0.2) is 5.76 Å². The lowest BCUT2D eigenvalue weighted by Crippen LogP contribution is -2.22. The molecule has 0 unspecified atom stereocenters. The molecule has 1 heterocycles. The third-order valence-electron chi connectivity index (χ3n) is 5.06. The SMILES string of the molecule is Cc1c(C(=O)Nc2ccc(Cl)cc2)oc2c1/C(=N/NS(=O)(=O)c1ccc(F)cc1)CCC2. The van der Waals surface area contributed by atoms with Crippen LogP contribution in [0.5, 0.6) is 0 Å². The molecule has 7 nitrogen and oxygen atoms in total. The molecule has 32 heavy (non-hydrogen) atoms. The maximum atomic E-state index is 13.1. The Kier molecular flexibility index (Phi) is 6.03. The number of anilines is 1. The van der Waals surface area contributed by atoms with Gasteiger partial charge in [-0.15, -0.1) is 0 Å². The van der Waals surface area contributed by atoms with Gasteiger partial charge in [0.25, 0.3) is 15.9 Å². The summed E-state index contributed by atoms with van der Waals surface area (Å²) in [4.78, 5) is 14.8. The van der Waals surface area contributed by atoms with E-state index in [0.29, 0.717) is 52.6 Å². The number of hydrogen-bond acceptors (Lipinski definition) is 5. The molecular formula is C22H19ClFN3O4S. The molecule has 0 atom stereocenters. The van der Waals surface area contributed by atoms with Crippen molar-refractivity contribution in [3.05, 3.63) is 82.0 Å². The number of amides is 1. The maximum absolute atomic E-state index is 13.1. The zero-order valence-electron chi connectivity index (χ0n) is 17.0. The highest BCUT2D eigenvalue weighted by atomic mass is 35.5. The number of hydrogen-bond donors (Lipinski definition) is 2. The van der Waals surface area contributed by atoms with E-state index in [4.69, 9.17) is 16.0 Å². The first kappa shape index (κ1) is 22.0. The second-order valence-corrected chi connectivity index (χ2v) is 9.37. The zero-order chi connectivity index (χ0) is 22.9. The minimum absolute atomic E-state index is 0.105. The number of fused-ring (bicyclic) bond motifs is 1. The van der Waals surface area contributed by atoms with Gasteiger partial charge in [-0.2, -0.15) is 18.4 Å². The summed E-state index contributed by atoms with van der Waals surface area (Å²) in [5, 5.41) is 7.41. The number of sulfonamides is 1. The number of hydrazone groups is 1. The van der Waals surface area contributed by atoms with Crippen molar-refractivity contribution in [2.75, 3.05) is 5.32 Å². The van der Waals surface area contributed by atoms with Crippen LogP contribution in [0.3, 0.4) is 0 Å².